The number of carbonyl (C=O) groups is 1. The van der Waals surface area contributed by atoms with Gasteiger partial charge in [-0.25, -0.2) is 0 Å². The number of benzene rings is 1. The molecular weight excluding hydrogens is 288 g/mol. The van der Waals surface area contributed by atoms with Crippen LogP contribution in [0, 0.1) is 11.3 Å². The molecule has 2 rings (SSSR count). The van der Waals surface area contributed by atoms with Crippen molar-refractivity contribution in [2.75, 3.05) is 6.54 Å². The highest BCUT2D eigenvalue weighted by Crippen LogP contribution is 2.20. The van der Waals surface area contributed by atoms with Gasteiger partial charge in [-0.2, -0.15) is 5.26 Å². The molecule has 5 heteroatoms. The van der Waals surface area contributed by atoms with Gasteiger partial charge in [0.05, 0.1) is 23.5 Å². The first-order valence-corrected chi connectivity index (χ1v) is 7.04. The van der Waals surface area contributed by atoms with E-state index in [4.69, 9.17) is 21.3 Å². The van der Waals surface area contributed by atoms with Crippen LogP contribution in [0.25, 0.3) is 0 Å². The van der Waals surface area contributed by atoms with Crippen LogP contribution in [0.1, 0.15) is 34.8 Å². The van der Waals surface area contributed by atoms with Crippen LogP contribution in [-0.2, 0) is 6.54 Å². The van der Waals surface area contributed by atoms with Crippen molar-refractivity contribution >= 4 is 17.5 Å². The summed E-state index contributed by atoms with van der Waals surface area (Å²) in [5.41, 5.74) is 1.94. The lowest BCUT2D eigenvalue weighted by atomic mass is 10.1. The van der Waals surface area contributed by atoms with E-state index in [0.29, 0.717) is 24.2 Å². The summed E-state index contributed by atoms with van der Waals surface area (Å²) in [5, 5.41) is 8.91. The van der Waals surface area contributed by atoms with Crippen LogP contribution in [0.15, 0.2) is 41.0 Å². The van der Waals surface area contributed by atoms with E-state index in [1.807, 2.05) is 19.1 Å². The number of hydrogen-bond acceptors (Lipinski definition) is 3. The fraction of sp³-hybridized carbons (Fsp3) is 0.250. The summed E-state index contributed by atoms with van der Waals surface area (Å²) < 4.78 is 4.98. The molecule has 0 radical (unpaired) electrons. The quantitative estimate of drug-likeness (QED) is 0.842. The van der Waals surface area contributed by atoms with Crippen molar-refractivity contribution in [3.05, 3.63) is 58.5 Å². The molecule has 1 aromatic heterocycles. The molecule has 1 amide bonds. The maximum Gasteiger partial charge on any atom is 0.259 e. The highest BCUT2D eigenvalue weighted by Gasteiger charge is 2.20. The van der Waals surface area contributed by atoms with Gasteiger partial charge in [0, 0.05) is 13.1 Å². The summed E-state index contributed by atoms with van der Waals surface area (Å²) in [6.07, 6.45) is 2.25. The summed E-state index contributed by atoms with van der Waals surface area (Å²) in [6.45, 7) is 3.11. The van der Waals surface area contributed by atoms with Crippen molar-refractivity contribution in [3.63, 3.8) is 0 Å². The first kappa shape index (κ1) is 15.1. The molecule has 0 bridgehead atoms. The molecule has 0 aliphatic rings. The molecule has 21 heavy (non-hydrogen) atoms. The molecule has 0 saturated heterocycles. The predicted octanol–water partition coefficient (Wildman–Crippen LogP) is 3.86. The Labute approximate surface area is 128 Å². The average molecular weight is 303 g/mol. The van der Waals surface area contributed by atoms with Crippen molar-refractivity contribution in [3.8, 4) is 6.07 Å². The molecule has 0 N–H and O–H groups in total. The fourth-order valence-electron chi connectivity index (χ4n) is 2.04. The van der Waals surface area contributed by atoms with Gasteiger partial charge in [-0.3, -0.25) is 4.79 Å². The van der Waals surface area contributed by atoms with Crippen molar-refractivity contribution < 1.29 is 9.21 Å². The maximum absolute atomic E-state index is 12.5. The molecule has 0 aliphatic heterocycles. The Balaban J connectivity index is 2.17. The van der Waals surface area contributed by atoms with E-state index in [2.05, 4.69) is 6.07 Å². The normalized spacial score (nSPS) is 10.1. The Kier molecular flexibility index (Phi) is 5.02. The molecule has 4 nitrogen and oxygen atoms in total. The van der Waals surface area contributed by atoms with Crippen LogP contribution in [0.5, 0.6) is 0 Å². The molecule has 2 aromatic rings. The van der Waals surface area contributed by atoms with Gasteiger partial charge in [0.25, 0.3) is 5.91 Å². The number of nitriles is 1. The predicted molar refractivity (Wildman–Crippen MR) is 79.9 cm³/mol. The van der Waals surface area contributed by atoms with E-state index >= 15 is 0 Å². The van der Waals surface area contributed by atoms with Gasteiger partial charge in [0.15, 0.2) is 0 Å². The van der Waals surface area contributed by atoms with Gasteiger partial charge in [-0.15, -0.1) is 0 Å². The lowest BCUT2D eigenvalue weighted by Crippen LogP contribution is -2.31. The number of hydrogen-bond donors (Lipinski definition) is 0. The van der Waals surface area contributed by atoms with Crippen LogP contribution >= 0.6 is 11.6 Å². The summed E-state index contributed by atoms with van der Waals surface area (Å²) in [5.74, 6) is -0.153. The minimum absolute atomic E-state index is 0.112. The fourth-order valence-corrected chi connectivity index (χ4v) is 2.24. The summed E-state index contributed by atoms with van der Waals surface area (Å²) in [7, 11) is 0. The van der Waals surface area contributed by atoms with Gasteiger partial charge in [0.2, 0.25) is 5.22 Å². The first-order valence-electron chi connectivity index (χ1n) is 6.67. The zero-order valence-corrected chi connectivity index (χ0v) is 12.4. The number of halogens is 1. The average Bonchev–Trinajstić information content (AvgIpc) is 2.93. The molecule has 0 unspecified atom stereocenters. The molecule has 0 atom stereocenters. The van der Waals surface area contributed by atoms with E-state index in [9.17, 15) is 4.79 Å². The largest absolute Gasteiger partial charge is 0.452 e. The number of nitrogens with zero attached hydrogens (tertiary/aromatic N) is 2. The number of amides is 1. The van der Waals surface area contributed by atoms with Gasteiger partial charge in [-0.1, -0.05) is 19.1 Å². The summed E-state index contributed by atoms with van der Waals surface area (Å²) in [4.78, 5) is 14.2. The van der Waals surface area contributed by atoms with Crippen LogP contribution < -0.4 is 0 Å². The van der Waals surface area contributed by atoms with Crippen LogP contribution in [-0.4, -0.2) is 17.4 Å². The van der Waals surface area contributed by atoms with Gasteiger partial charge in [0.1, 0.15) is 0 Å². The maximum atomic E-state index is 12.5. The van der Waals surface area contributed by atoms with Crippen molar-refractivity contribution in [2.45, 2.75) is 19.9 Å². The Morgan fingerprint density at radius 3 is 2.57 bits per heavy atom. The number of rotatable bonds is 5. The van der Waals surface area contributed by atoms with Crippen molar-refractivity contribution in [1.29, 1.82) is 5.26 Å². The van der Waals surface area contributed by atoms with E-state index in [1.165, 1.54) is 6.26 Å². The lowest BCUT2D eigenvalue weighted by Gasteiger charge is -2.21. The topological polar surface area (TPSA) is 57.2 Å². The third kappa shape index (κ3) is 3.65. The van der Waals surface area contributed by atoms with Gasteiger partial charge >= 0.3 is 0 Å². The van der Waals surface area contributed by atoms with Crippen LogP contribution in [0.2, 0.25) is 5.22 Å². The zero-order chi connectivity index (χ0) is 15.2. The van der Waals surface area contributed by atoms with Crippen LogP contribution in [0.3, 0.4) is 0 Å². The molecule has 0 aliphatic carbocycles. The Bertz CT molecular complexity index is 656. The second-order valence-corrected chi connectivity index (χ2v) is 4.99. The Morgan fingerprint density at radius 1 is 1.33 bits per heavy atom. The number of furan rings is 1. The van der Waals surface area contributed by atoms with E-state index in [0.717, 1.165) is 12.0 Å². The highest BCUT2D eigenvalue weighted by molar-refractivity contribution is 6.32. The summed E-state index contributed by atoms with van der Waals surface area (Å²) >= 11 is 5.87. The second kappa shape index (κ2) is 6.96. The zero-order valence-electron chi connectivity index (χ0n) is 11.7. The van der Waals surface area contributed by atoms with Crippen molar-refractivity contribution in [1.82, 2.24) is 4.90 Å². The molecule has 0 spiro atoms. The third-order valence-electron chi connectivity index (χ3n) is 3.09. The Morgan fingerprint density at radius 2 is 2.05 bits per heavy atom. The summed E-state index contributed by atoms with van der Waals surface area (Å²) in [6, 6.07) is 10.8. The van der Waals surface area contributed by atoms with Crippen molar-refractivity contribution in [2.24, 2.45) is 0 Å². The van der Waals surface area contributed by atoms with E-state index in [1.54, 1.807) is 23.1 Å². The van der Waals surface area contributed by atoms with E-state index in [-0.39, 0.29) is 11.1 Å². The molecular formula is C16H15ClN2O2. The molecule has 1 aromatic carbocycles. The van der Waals surface area contributed by atoms with Crippen LogP contribution in [0.4, 0.5) is 0 Å². The van der Waals surface area contributed by atoms with E-state index < -0.39 is 0 Å². The number of carbonyl (C=O) groups excluding carboxylic acids is 1. The standard InChI is InChI=1S/C16H15ClN2O2/c1-2-8-19(16(20)14-7-9-21-15(14)17)11-13-5-3-12(10-18)4-6-13/h3-7,9H,2,8,11H2,1H3. The molecule has 108 valence electrons. The molecule has 0 saturated carbocycles. The second-order valence-electron chi connectivity index (χ2n) is 4.64. The SMILES string of the molecule is CCCN(Cc1ccc(C#N)cc1)C(=O)c1ccoc1Cl. The molecule has 0 fully saturated rings. The lowest BCUT2D eigenvalue weighted by molar-refractivity contribution is 0.0742. The molecule has 1 heterocycles. The monoisotopic (exact) mass is 302 g/mol. The smallest absolute Gasteiger partial charge is 0.259 e. The third-order valence-corrected chi connectivity index (χ3v) is 3.38. The Hall–Kier alpha value is -2.25. The first-order chi connectivity index (χ1) is 10.2. The minimum Gasteiger partial charge on any atom is -0.452 e. The van der Waals surface area contributed by atoms with Gasteiger partial charge < -0.3 is 9.32 Å². The van der Waals surface area contributed by atoms with Gasteiger partial charge in [-0.05, 0) is 41.8 Å². The highest BCUT2D eigenvalue weighted by atomic mass is 35.5. The minimum atomic E-state index is -0.153.